The molecular formula is C20H21ClN8O2S. The van der Waals surface area contributed by atoms with Crippen LogP contribution in [-0.2, 0) is 13.1 Å². The van der Waals surface area contributed by atoms with E-state index in [2.05, 4.69) is 25.7 Å². The topological polar surface area (TPSA) is 117 Å². The number of aromatic nitrogens is 6. The molecule has 0 fully saturated rings. The number of nitrogens with one attached hydrogen (secondary N) is 1. The van der Waals surface area contributed by atoms with Crippen LogP contribution < -0.4 is 5.32 Å². The number of nitro groups is 1. The van der Waals surface area contributed by atoms with Gasteiger partial charge in [0.15, 0.2) is 5.82 Å². The number of halogens is 1. The summed E-state index contributed by atoms with van der Waals surface area (Å²) in [6.45, 7) is 6.38. The second-order valence-electron chi connectivity index (χ2n) is 7.42. The van der Waals surface area contributed by atoms with Crippen molar-refractivity contribution in [2.45, 2.75) is 39.8 Å². The van der Waals surface area contributed by atoms with Crippen molar-refractivity contribution < 1.29 is 4.92 Å². The van der Waals surface area contributed by atoms with Crippen LogP contribution >= 0.6 is 22.9 Å². The molecule has 4 aromatic rings. The van der Waals surface area contributed by atoms with Crippen LogP contribution in [0.5, 0.6) is 0 Å². The lowest BCUT2D eigenvalue weighted by atomic mass is 10.2. The summed E-state index contributed by atoms with van der Waals surface area (Å²) in [6, 6.07) is 9.52. The fourth-order valence-corrected chi connectivity index (χ4v) is 4.37. The van der Waals surface area contributed by atoms with E-state index in [9.17, 15) is 10.1 Å². The Bertz CT molecular complexity index is 1260. The number of rotatable bonds is 8. The van der Waals surface area contributed by atoms with E-state index in [-0.39, 0.29) is 11.6 Å². The summed E-state index contributed by atoms with van der Waals surface area (Å²) in [4.78, 5) is 10.8. The van der Waals surface area contributed by atoms with Gasteiger partial charge in [-0.1, -0.05) is 48.1 Å². The largest absolute Gasteiger partial charge is 0.313 e. The molecule has 4 rings (SSSR count). The minimum absolute atomic E-state index is 0.0153. The third-order valence-corrected chi connectivity index (χ3v) is 6.44. The Kier molecular flexibility index (Phi) is 6.19. The molecular weight excluding hydrogens is 452 g/mol. The molecule has 0 saturated carbocycles. The molecule has 1 N–H and O–H groups in total. The summed E-state index contributed by atoms with van der Waals surface area (Å²) in [5.74, 6) is 0.639. The second-order valence-corrected chi connectivity index (χ2v) is 8.84. The summed E-state index contributed by atoms with van der Waals surface area (Å²) in [6.07, 6.45) is 1.87. The maximum atomic E-state index is 11.2. The van der Waals surface area contributed by atoms with Crippen molar-refractivity contribution in [3.8, 4) is 0 Å². The fraction of sp³-hybridized carbons (Fsp3) is 0.300. The molecule has 3 heterocycles. The molecule has 166 valence electrons. The molecule has 0 unspecified atom stereocenters. The summed E-state index contributed by atoms with van der Waals surface area (Å²) >= 11 is 7.64. The standard InChI is InChI=1S/C20H21ClN8O2S/c1-12(10-28-14(3)18(29(30)31)13(2)25-28)19-23-24-20(32-19)22-17-8-9-27(26-17)11-15-6-4-5-7-16(15)21/h4-9,12H,10-11H2,1-3H3,(H,22,24,26)/t12-/m0/s1. The zero-order valence-electron chi connectivity index (χ0n) is 17.7. The van der Waals surface area contributed by atoms with E-state index < -0.39 is 4.92 Å². The Hall–Kier alpha value is -3.31. The van der Waals surface area contributed by atoms with E-state index in [4.69, 9.17) is 11.6 Å². The number of hydrogen-bond donors (Lipinski definition) is 1. The zero-order valence-corrected chi connectivity index (χ0v) is 19.3. The van der Waals surface area contributed by atoms with E-state index >= 15 is 0 Å². The molecule has 12 heteroatoms. The second kappa shape index (κ2) is 9.05. The van der Waals surface area contributed by atoms with E-state index in [0.29, 0.717) is 40.4 Å². The summed E-state index contributed by atoms with van der Waals surface area (Å²) in [5.41, 5.74) is 1.99. The normalized spacial score (nSPS) is 12.1. The van der Waals surface area contributed by atoms with Gasteiger partial charge < -0.3 is 5.32 Å². The third-order valence-electron chi connectivity index (χ3n) is 5.00. The molecule has 0 saturated heterocycles. The molecule has 1 atom stereocenters. The smallest absolute Gasteiger partial charge is 0.312 e. The molecule has 0 aliphatic heterocycles. The van der Waals surface area contributed by atoms with E-state index in [1.165, 1.54) is 11.3 Å². The molecule has 0 radical (unpaired) electrons. The van der Waals surface area contributed by atoms with Crippen molar-refractivity contribution in [2.75, 3.05) is 5.32 Å². The lowest BCUT2D eigenvalue weighted by Gasteiger charge is -2.08. The van der Waals surface area contributed by atoms with Gasteiger partial charge in [0.25, 0.3) is 0 Å². The first-order chi connectivity index (χ1) is 15.3. The van der Waals surface area contributed by atoms with Gasteiger partial charge in [-0.15, -0.1) is 10.2 Å². The van der Waals surface area contributed by atoms with Crippen LogP contribution in [0.25, 0.3) is 0 Å². The first-order valence-corrected chi connectivity index (χ1v) is 11.1. The molecule has 32 heavy (non-hydrogen) atoms. The van der Waals surface area contributed by atoms with Crippen molar-refractivity contribution in [1.82, 2.24) is 29.8 Å². The van der Waals surface area contributed by atoms with Crippen LogP contribution in [0, 0.1) is 24.0 Å². The molecule has 0 aliphatic carbocycles. The molecule has 1 aromatic carbocycles. The van der Waals surface area contributed by atoms with Gasteiger partial charge >= 0.3 is 5.69 Å². The lowest BCUT2D eigenvalue weighted by molar-refractivity contribution is -0.386. The van der Waals surface area contributed by atoms with Gasteiger partial charge in [-0.3, -0.25) is 19.5 Å². The highest BCUT2D eigenvalue weighted by atomic mass is 35.5. The van der Waals surface area contributed by atoms with Crippen LogP contribution in [-0.4, -0.2) is 34.7 Å². The van der Waals surface area contributed by atoms with Crippen molar-refractivity contribution >= 4 is 39.6 Å². The van der Waals surface area contributed by atoms with Crippen molar-refractivity contribution in [2.24, 2.45) is 0 Å². The first kappa shape index (κ1) is 21.9. The van der Waals surface area contributed by atoms with Crippen molar-refractivity contribution in [3.05, 3.63) is 73.6 Å². The fourth-order valence-electron chi connectivity index (χ4n) is 3.38. The highest BCUT2D eigenvalue weighted by Crippen LogP contribution is 2.28. The number of nitrogens with zero attached hydrogens (tertiary/aromatic N) is 7. The minimum atomic E-state index is -0.392. The predicted octanol–water partition coefficient (Wildman–Crippen LogP) is 4.71. The van der Waals surface area contributed by atoms with E-state index in [1.54, 1.807) is 23.2 Å². The predicted molar refractivity (Wildman–Crippen MR) is 123 cm³/mol. The van der Waals surface area contributed by atoms with Gasteiger partial charge in [0, 0.05) is 23.2 Å². The highest BCUT2D eigenvalue weighted by Gasteiger charge is 2.23. The minimum Gasteiger partial charge on any atom is -0.313 e. The molecule has 0 bridgehead atoms. The van der Waals surface area contributed by atoms with Crippen LogP contribution in [0.2, 0.25) is 5.02 Å². The lowest BCUT2D eigenvalue weighted by Crippen LogP contribution is -2.09. The maximum Gasteiger partial charge on any atom is 0.312 e. The first-order valence-electron chi connectivity index (χ1n) is 9.87. The molecule has 0 amide bonds. The number of aryl methyl sites for hydroxylation is 1. The Labute approximate surface area is 193 Å². The van der Waals surface area contributed by atoms with Gasteiger partial charge in [0.2, 0.25) is 5.13 Å². The Morgan fingerprint density at radius 1 is 1.22 bits per heavy atom. The number of anilines is 2. The third kappa shape index (κ3) is 4.63. The summed E-state index contributed by atoms with van der Waals surface area (Å²) in [5, 5.41) is 33.8. The number of hydrogen-bond acceptors (Lipinski definition) is 8. The average Bonchev–Trinajstić information content (AvgIpc) is 3.44. The summed E-state index contributed by atoms with van der Waals surface area (Å²) < 4.78 is 3.45. The van der Waals surface area contributed by atoms with Crippen molar-refractivity contribution in [3.63, 3.8) is 0 Å². The van der Waals surface area contributed by atoms with Crippen LogP contribution in [0.3, 0.4) is 0 Å². The summed E-state index contributed by atoms with van der Waals surface area (Å²) in [7, 11) is 0. The monoisotopic (exact) mass is 472 g/mol. The van der Waals surface area contributed by atoms with Gasteiger partial charge in [-0.05, 0) is 25.5 Å². The molecule has 0 spiro atoms. The quantitative estimate of drug-likeness (QED) is 0.291. The zero-order chi connectivity index (χ0) is 22.8. The number of benzene rings is 1. The SMILES string of the molecule is Cc1nn(C[C@H](C)c2nnc(Nc3ccn(Cc4ccccc4Cl)n3)s2)c(C)c1[N+](=O)[O-]. The van der Waals surface area contributed by atoms with E-state index in [0.717, 1.165) is 10.6 Å². The Balaban J connectivity index is 1.41. The molecule has 10 nitrogen and oxygen atoms in total. The van der Waals surface area contributed by atoms with Crippen molar-refractivity contribution in [1.29, 1.82) is 0 Å². The van der Waals surface area contributed by atoms with E-state index in [1.807, 2.05) is 43.5 Å². The highest BCUT2D eigenvalue weighted by molar-refractivity contribution is 7.15. The Morgan fingerprint density at radius 3 is 2.72 bits per heavy atom. The van der Waals surface area contributed by atoms with Gasteiger partial charge in [0.05, 0.1) is 18.0 Å². The average molecular weight is 473 g/mol. The van der Waals surface area contributed by atoms with Gasteiger partial charge in [-0.25, -0.2) is 0 Å². The van der Waals surface area contributed by atoms with Gasteiger partial charge in [-0.2, -0.15) is 10.2 Å². The van der Waals surface area contributed by atoms with Crippen LogP contribution in [0.1, 0.15) is 34.8 Å². The maximum absolute atomic E-state index is 11.2. The van der Waals surface area contributed by atoms with Gasteiger partial charge in [0.1, 0.15) is 16.4 Å². The molecule has 3 aromatic heterocycles. The van der Waals surface area contributed by atoms with Crippen LogP contribution in [0.15, 0.2) is 36.5 Å². The Morgan fingerprint density at radius 2 is 2.00 bits per heavy atom. The van der Waals surface area contributed by atoms with Crippen LogP contribution in [0.4, 0.5) is 16.6 Å². The molecule has 0 aliphatic rings.